The van der Waals surface area contributed by atoms with Crippen LogP contribution in [-0.2, 0) is 13.1 Å². The number of pyridine rings is 1. The normalized spacial score (nSPS) is 27.6. The highest BCUT2D eigenvalue weighted by Crippen LogP contribution is 2.32. The molecule has 2 saturated heterocycles. The van der Waals surface area contributed by atoms with Crippen LogP contribution in [-0.4, -0.2) is 41.6 Å². The first-order valence-electron chi connectivity index (χ1n) is 8.55. The van der Waals surface area contributed by atoms with E-state index >= 15 is 0 Å². The van der Waals surface area contributed by atoms with Crippen LogP contribution in [0.4, 0.5) is 8.78 Å². The number of nitrogens with zero attached hydrogens (tertiary/aromatic N) is 2. The summed E-state index contributed by atoms with van der Waals surface area (Å²) in [7, 11) is 0. The molecule has 2 bridgehead atoms. The molecule has 4 heterocycles. The van der Waals surface area contributed by atoms with E-state index in [-0.39, 0.29) is 43.3 Å². The van der Waals surface area contributed by atoms with E-state index in [4.69, 9.17) is 0 Å². The van der Waals surface area contributed by atoms with Crippen LogP contribution in [0.2, 0.25) is 0 Å². The van der Waals surface area contributed by atoms with Crippen molar-refractivity contribution in [3.05, 3.63) is 33.7 Å². The van der Waals surface area contributed by atoms with Gasteiger partial charge in [0, 0.05) is 43.2 Å². The summed E-state index contributed by atoms with van der Waals surface area (Å²) in [6.45, 7) is 3.39. The Balaban J connectivity index is 0.00000113. The molecule has 25 heavy (non-hydrogen) atoms. The highest BCUT2D eigenvalue weighted by molar-refractivity contribution is 5.85. The van der Waals surface area contributed by atoms with Crippen molar-refractivity contribution < 1.29 is 8.78 Å². The molecule has 2 atom stereocenters. The predicted octanol–water partition coefficient (Wildman–Crippen LogP) is 2.63. The highest BCUT2D eigenvalue weighted by Gasteiger charge is 2.36. The van der Waals surface area contributed by atoms with Gasteiger partial charge in [-0.05, 0) is 37.9 Å². The fourth-order valence-corrected chi connectivity index (χ4v) is 4.38. The zero-order valence-electron chi connectivity index (χ0n) is 14.0. The summed E-state index contributed by atoms with van der Waals surface area (Å²) < 4.78 is 29.0. The number of rotatable bonds is 2. The van der Waals surface area contributed by atoms with Gasteiger partial charge in [-0.2, -0.15) is 0 Å². The maximum atomic E-state index is 13.6. The summed E-state index contributed by atoms with van der Waals surface area (Å²) in [5.41, 5.74) is 1.78. The smallest absolute Gasteiger partial charge is 0.260 e. The molecule has 0 saturated carbocycles. The monoisotopic (exact) mass is 395 g/mol. The van der Waals surface area contributed by atoms with Gasteiger partial charge in [0.25, 0.3) is 11.5 Å². The third-order valence-electron chi connectivity index (χ3n) is 5.45. The van der Waals surface area contributed by atoms with Crippen LogP contribution in [0, 0.1) is 5.92 Å². The van der Waals surface area contributed by atoms with E-state index in [0.29, 0.717) is 36.9 Å². The molecule has 1 N–H and O–H groups in total. The van der Waals surface area contributed by atoms with Crippen molar-refractivity contribution in [3.63, 3.8) is 0 Å². The lowest BCUT2D eigenvalue weighted by Crippen LogP contribution is -2.46. The maximum Gasteiger partial charge on any atom is 0.260 e. The number of hydrogen-bond acceptors (Lipinski definition) is 3. The van der Waals surface area contributed by atoms with Crippen molar-refractivity contribution in [2.24, 2.45) is 5.92 Å². The van der Waals surface area contributed by atoms with E-state index in [0.717, 1.165) is 31.7 Å². The van der Waals surface area contributed by atoms with Gasteiger partial charge in [0.05, 0.1) is 6.54 Å². The van der Waals surface area contributed by atoms with Gasteiger partial charge in [0.15, 0.2) is 0 Å². The molecule has 142 valence electrons. The number of alkyl halides is 2. The van der Waals surface area contributed by atoms with Gasteiger partial charge >= 0.3 is 0 Å². The Morgan fingerprint density at radius 3 is 2.80 bits per heavy atom. The van der Waals surface area contributed by atoms with E-state index in [2.05, 4.69) is 5.32 Å². The second kappa shape index (κ2) is 7.91. The molecule has 0 amide bonds. The summed E-state index contributed by atoms with van der Waals surface area (Å²) in [6.07, 6.45) is 1.60. The number of likely N-dealkylation sites (tertiary alicyclic amines) is 1. The van der Waals surface area contributed by atoms with E-state index in [1.165, 1.54) is 0 Å². The third kappa shape index (κ3) is 4.18. The average molecular weight is 396 g/mol. The molecule has 0 radical (unpaired) electrons. The van der Waals surface area contributed by atoms with Gasteiger partial charge in [-0.1, -0.05) is 6.07 Å². The first-order valence-corrected chi connectivity index (χ1v) is 8.55. The van der Waals surface area contributed by atoms with Crippen molar-refractivity contribution in [2.45, 2.75) is 44.2 Å². The largest absolute Gasteiger partial charge is 0.316 e. The fraction of sp³-hybridized carbons (Fsp3) is 0.706. The van der Waals surface area contributed by atoms with Crippen molar-refractivity contribution in [1.82, 2.24) is 14.8 Å². The molecule has 1 aromatic heterocycles. The lowest BCUT2D eigenvalue weighted by Gasteiger charge is -2.38. The summed E-state index contributed by atoms with van der Waals surface area (Å²) >= 11 is 0. The molecule has 0 unspecified atom stereocenters. The van der Waals surface area contributed by atoms with Crippen molar-refractivity contribution >= 4 is 24.8 Å². The zero-order chi connectivity index (χ0) is 16.0. The van der Waals surface area contributed by atoms with Crippen LogP contribution in [0.1, 0.15) is 36.4 Å². The van der Waals surface area contributed by atoms with Crippen LogP contribution in [0.15, 0.2) is 16.9 Å². The summed E-state index contributed by atoms with van der Waals surface area (Å²) in [5.74, 6) is -1.71. The van der Waals surface area contributed by atoms with Crippen LogP contribution in [0.25, 0.3) is 0 Å². The molecule has 0 aliphatic carbocycles. The molecule has 3 aliphatic rings. The standard InChI is InChI=1S/C17H23F2N3O.2ClH/c18-17(19)4-1-5-21(11-17)10-13-2-3-15-14-6-12(7-20-8-14)9-22(15)16(13)23;;/h2-3,12,14,20H,1,4-11H2;2*1H/t12-,14+;;/m0../s1. The highest BCUT2D eigenvalue weighted by atomic mass is 35.5. The molecule has 4 nitrogen and oxygen atoms in total. The van der Waals surface area contributed by atoms with Gasteiger partial charge in [0.1, 0.15) is 0 Å². The Morgan fingerprint density at radius 1 is 1.24 bits per heavy atom. The van der Waals surface area contributed by atoms with E-state index < -0.39 is 5.92 Å². The van der Waals surface area contributed by atoms with E-state index in [1.54, 1.807) is 4.90 Å². The molecule has 8 heteroatoms. The van der Waals surface area contributed by atoms with Crippen LogP contribution < -0.4 is 10.9 Å². The lowest BCUT2D eigenvalue weighted by atomic mass is 9.84. The Hall–Kier alpha value is -0.690. The first kappa shape index (κ1) is 20.6. The van der Waals surface area contributed by atoms with Gasteiger partial charge in [-0.3, -0.25) is 9.69 Å². The Kier molecular flexibility index (Phi) is 6.52. The molecule has 0 spiro atoms. The van der Waals surface area contributed by atoms with Gasteiger partial charge in [0.2, 0.25) is 0 Å². The molecule has 2 fully saturated rings. The topological polar surface area (TPSA) is 37.3 Å². The van der Waals surface area contributed by atoms with E-state index in [9.17, 15) is 13.6 Å². The maximum absolute atomic E-state index is 13.6. The number of nitrogens with one attached hydrogen (secondary N) is 1. The minimum atomic E-state index is -2.62. The van der Waals surface area contributed by atoms with Crippen LogP contribution >= 0.6 is 24.8 Å². The fourth-order valence-electron chi connectivity index (χ4n) is 4.38. The number of piperidine rings is 2. The number of halogens is 4. The summed E-state index contributed by atoms with van der Waals surface area (Å²) in [5, 5.41) is 3.43. The van der Waals surface area contributed by atoms with Gasteiger partial charge in [-0.25, -0.2) is 8.78 Å². The average Bonchev–Trinajstić information content (AvgIpc) is 2.50. The minimum Gasteiger partial charge on any atom is -0.316 e. The molecule has 0 aromatic carbocycles. The van der Waals surface area contributed by atoms with Crippen LogP contribution in [0.3, 0.4) is 0 Å². The Bertz CT molecular complexity index is 668. The minimum absolute atomic E-state index is 0. The third-order valence-corrected chi connectivity index (χ3v) is 5.45. The Labute approximate surface area is 158 Å². The zero-order valence-corrected chi connectivity index (χ0v) is 15.7. The Morgan fingerprint density at radius 2 is 2.04 bits per heavy atom. The van der Waals surface area contributed by atoms with Crippen molar-refractivity contribution in [3.8, 4) is 0 Å². The predicted molar refractivity (Wildman–Crippen MR) is 98.4 cm³/mol. The second-order valence-corrected chi connectivity index (χ2v) is 7.33. The van der Waals surface area contributed by atoms with Gasteiger partial charge in [-0.15, -0.1) is 24.8 Å². The summed E-state index contributed by atoms with van der Waals surface area (Å²) in [6, 6.07) is 3.89. The number of hydrogen-bond donors (Lipinski definition) is 1. The first-order chi connectivity index (χ1) is 11.0. The van der Waals surface area contributed by atoms with Crippen molar-refractivity contribution in [2.75, 3.05) is 26.2 Å². The molecular formula is C17H25Cl2F2N3O. The molecule has 3 aliphatic heterocycles. The van der Waals surface area contributed by atoms with Gasteiger partial charge < -0.3 is 9.88 Å². The molecular weight excluding hydrogens is 371 g/mol. The van der Waals surface area contributed by atoms with Crippen LogP contribution in [0.5, 0.6) is 0 Å². The second-order valence-electron chi connectivity index (χ2n) is 7.33. The number of aromatic nitrogens is 1. The molecule has 4 rings (SSSR count). The van der Waals surface area contributed by atoms with E-state index in [1.807, 2.05) is 16.7 Å². The SMILES string of the molecule is Cl.Cl.O=c1c(CN2CCCC(F)(F)C2)ccc2n1C[C@@H]1CNC[C@H]2C1. The lowest BCUT2D eigenvalue weighted by molar-refractivity contribution is -0.0662. The number of fused-ring (bicyclic) bond motifs is 4. The quantitative estimate of drug-likeness (QED) is 0.835. The molecule has 1 aromatic rings. The van der Waals surface area contributed by atoms with Crippen molar-refractivity contribution in [1.29, 1.82) is 0 Å². The summed E-state index contributed by atoms with van der Waals surface area (Å²) in [4.78, 5) is 14.5.